The summed E-state index contributed by atoms with van der Waals surface area (Å²) in [4.78, 5) is 49.9. The monoisotopic (exact) mass is 700 g/mol. The standard InChI is InChI=1S/C28H46FN2O11PS2/c1-25(2,3)22(34)44-16-10-8-14-39-43(38,40-15-9-11-17-45-23(35)26(4,5)6)41-18-28(29)20(33)27(7,37)21(42-28)31-13-12-19(32)30-24(31)36/h12-13,20-21,33,37H,8-11,14-18H2,1-7H3,(H,30,32,36). The fraction of sp³-hybridized carbons (Fsp3) is 0.786. The number of aliphatic hydroxyl groups excluding tert-OH is 1. The Morgan fingerprint density at radius 2 is 1.49 bits per heavy atom. The number of thioether (sulfide) groups is 2. The van der Waals surface area contributed by atoms with Crippen LogP contribution in [0.3, 0.4) is 0 Å². The van der Waals surface area contributed by atoms with Gasteiger partial charge in [-0.2, -0.15) is 0 Å². The first-order valence-corrected chi connectivity index (χ1v) is 18.0. The molecule has 0 aliphatic carbocycles. The van der Waals surface area contributed by atoms with Gasteiger partial charge >= 0.3 is 13.5 Å². The van der Waals surface area contributed by atoms with Crippen molar-refractivity contribution in [1.82, 2.24) is 9.55 Å². The molecule has 0 amide bonds. The summed E-state index contributed by atoms with van der Waals surface area (Å²) in [5.74, 6) is -2.16. The van der Waals surface area contributed by atoms with Crippen LogP contribution in [0.25, 0.3) is 0 Å². The Balaban J connectivity index is 2.05. The Morgan fingerprint density at radius 1 is 1.00 bits per heavy atom. The quantitative estimate of drug-likeness (QED) is 0.165. The lowest BCUT2D eigenvalue weighted by molar-refractivity contribution is -0.205. The van der Waals surface area contributed by atoms with E-state index in [0.29, 0.717) is 41.8 Å². The minimum absolute atomic E-state index is 0.0322. The Bertz CT molecular complexity index is 1280. The SMILES string of the molecule is CC(C)(C)C(=O)SCCCCOP(=O)(OCCCCSC(=O)C(C)(C)C)OCC1(F)OC(n2ccc(=O)[nH]c2=O)C(C)(O)C1O. The average molecular weight is 701 g/mol. The predicted molar refractivity (Wildman–Crippen MR) is 170 cm³/mol. The number of nitrogens with one attached hydrogen (secondary N) is 1. The molecular formula is C28H46FN2O11PS2. The third-order valence-electron chi connectivity index (χ3n) is 6.56. The van der Waals surface area contributed by atoms with Gasteiger partial charge < -0.3 is 14.9 Å². The van der Waals surface area contributed by atoms with Gasteiger partial charge in [0.2, 0.25) is 0 Å². The molecule has 2 heterocycles. The molecule has 1 fully saturated rings. The van der Waals surface area contributed by atoms with Gasteiger partial charge in [-0.25, -0.2) is 13.8 Å². The van der Waals surface area contributed by atoms with Crippen molar-refractivity contribution < 1.29 is 47.1 Å². The first kappa shape index (κ1) is 39.8. The Labute approximate surface area is 270 Å². The maximum Gasteiger partial charge on any atom is 0.474 e. The molecule has 0 saturated carbocycles. The number of phosphoric acid groups is 1. The van der Waals surface area contributed by atoms with Gasteiger partial charge in [0.15, 0.2) is 16.5 Å². The van der Waals surface area contributed by atoms with Gasteiger partial charge in [-0.05, 0) is 32.6 Å². The molecule has 3 N–H and O–H groups in total. The van der Waals surface area contributed by atoms with Crippen molar-refractivity contribution in [3.63, 3.8) is 0 Å². The summed E-state index contributed by atoms with van der Waals surface area (Å²) >= 11 is 2.36. The van der Waals surface area contributed by atoms with Crippen LogP contribution >= 0.6 is 31.3 Å². The molecule has 1 aliphatic heterocycles. The maximum absolute atomic E-state index is 16.0. The number of halogens is 1. The molecule has 1 saturated heterocycles. The van der Waals surface area contributed by atoms with E-state index in [0.717, 1.165) is 19.2 Å². The molecule has 17 heteroatoms. The van der Waals surface area contributed by atoms with Crippen molar-refractivity contribution >= 4 is 41.6 Å². The highest BCUT2D eigenvalue weighted by Gasteiger charge is 2.63. The smallest absolute Gasteiger partial charge is 0.384 e. The van der Waals surface area contributed by atoms with Crippen molar-refractivity contribution in [3.8, 4) is 0 Å². The van der Waals surface area contributed by atoms with Gasteiger partial charge in [0.1, 0.15) is 18.3 Å². The fourth-order valence-electron chi connectivity index (χ4n) is 3.81. The van der Waals surface area contributed by atoms with Gasteiger partial charge in [0.25, 0.3) is 11.4 Å². The van der Waals surface area contributed by atoms with Crippen LogP contribution in [0, 0.1) is 10.8 Å². The zero-order valence-electron chi connectivity index (χ0n) is 26.8. The van der Waals surface area contributed by atoms with Gasteiger partial charge in [-0.1, -0.05) is 65.1 Å². The van der Waals surface area contributed by atoms with Crippen LogP contribution < -0.4 is 11.2 Å². The lowest BCUT2D eigenvalue weighted by Crippen LogP contribution is -2.50. The summed E-state index contributed by atoms with van der Waals surface area (Å²) in [5, 5.41) is 21.6. The molecule has 1 aliphatic rings. The maximum atomic E-state index is 16.0. The normalized spacial score (nSPS) is 24.2. The van der Waals surface area contributed by atoms with Crippen LogP contribution in [0.5, 0.6) is 0 Å². The summed E-state index contributed by atoms with van der Waals surface area (Å²) in [7, 11) is -4.46. The Morgan fingerprint density at radius 3 is 1.93 bits per heavy atom. The Hall–Kier alpha value is -1.36. The van der Waals surface area contributed by atoms with Crippen LogP contribution in [0.2, 0.25) is 0 Å². The number of carbonyl (C=O) groups is 2. The average Bonchev–Trinajstić information content (AvgIpc) is 3.10. The molecule has 0 bridgehead atoms. The molecule has 4 atom stereocenters. The number of aromatic amines is 1. The van der Waals surface area contributed by atoms with Crippen molar-refractivity contribution in [3.05, 3.63) is 33.1 Å². The second kappa shape index (κ2) is 16.2. The summed E-state index contributed by atoms with van der Waals surface area (Å²) in [6, 6.07) is 0.951. The first-order valence-electron chi connectivity index (χ1n) is 14.6. The van der Waals surface area contributed by atoms with E-state index in [1.807, 2.05) is 46.5 Å². The number of hydrogen-bond acceptors (Lipinski definition) is 13. The van der Waals surface area contributed by atoms with E-state index in [4.69, 9.17) is 18.3 Å². The van der Waals surface area contributed by atoms with E-state index >= 15 is 4.39 Å². The molecule has 1 aromatic rings. The number of rotatable bonds is 16. The topological polar surface area (TPSA) is 183 Å². The molecule has 0 spiro atoms. The van der Waals surface area contributed by atoms with Crippen molar-refractivity contribution in [2.24, 2.45) is 10.8 Å². The van der Waals surface area contributed by atoms with Gasteiger partial charge in [0.05, 0.1) is 13.2 Å². The number of phosphoric ester groups is 1. The first-order chi connectivity index (χ1) is 20.6. The van der Waals surface area contributed by atoms with Gasteiger partial charge in [0, 0.05) is 34.6 Å². The highest BCUT2D eigenvalue weighted by molar-refractivity contribution is 8.14. The lowest BCUT2D eigenvalue weighted by atomic mass is 9.95. The molecule has 0 radical (unpaired) electrons. The number of H-pyrrole nitrogens is 1. The van der Waals surface area contributed by atoms with Gasteiger partial charge in [-0.15, -0.1) is 0 Å². The van der Waals surface area contributed by atoms with Crippen LogP contribution in [0.4, 0.5) is 4.39 Å². The van der Waals surface area contributed by atoms with Crippen molar-refractivity contribution in [1.29, 1.82) is 0 Å². The summed E-state index contributed by atoms with van der Waals surface area (Å²) < 4.78 is 51.5. The zero-order valence-corrected chi connectivity index (χ0v) is 29.4. The Kier molecular flexibility index (Phi) is 14.3. The van der Waals surface area contributed by atoms with E-state index in [2.05, 4.69) is 0 Å². The minimum atomic E-state index is -4.46. The van der Waals surface area contributed by atoms with Crippen LogP contribution in [0.1, 0.15) is 80.4 Å². The number of aromatic nitrogens is 2. The third kappa shape index (κ3) is 11.7. The van der Waals surface area contributed by atoms with Crippen LogP contribution in [-0.2, 0) is 32.5 Å². The number of carbonyl (C=O) groups excluding carboxylic acids is 2. The number of aliphatic hydroxyl groups is 2. The fourth-order valence-corrected chi connectivity index (χ4v) is 7.00. The van der Waals surface area contributed by atoms with E-state index < -0.39 is 60.3 Å². The molecule has 0 aromatic carbocycles. The number of alkyl halides is 1. The molecular weight excluding hydrogens is 654 g/mol. The largest absolute Gasteiger partial charge is 0.474 e. The molecule has 4 unspecified atom stereocenters. The van der Waals surface area contributed by atoms with E-state index in [-0.39, 0.29) is 23.4 Å². The number of hydrogen-bond donors (Lipinski definition) is 3. The summed E-state index contributed by atoms with van der Waals surface area (Å²) in [5.41, 5.74) is -5.11. The van der Waals surface area contributed by atoms with Gasteiger partial charge in [-0.3, -0.25) is 37.5 Å². The van der Waals surface area contributed by atoms with E-state index in [1.54, 1.807) is 0 Å². The number of nitrogens with zero attached hydrogens (tertiary/aromatic N) is 1. The molecule has 2 rings (SSSR count). The second-order valence-electron chi connectivity index (χ2n) is 13.0. The highest BCUT2D eigenvalue weighted by atomic mass is 32.2. The summed E-state index contributed by atoms with van der Waals surface area (Å²) in [6.45, 7) is 10.5. The predicted octanol–water partition coefficient (Wildman–Crippen LogP) is 4.17. The van der Waals surface area contributed by atoms with Crippen LogP contribution in [-0.4, -0.2) is 78.9 Å². The molecule has 13 nitrogen and oxygen atoms in total. The minimum Gasteiger partial charge on any atom is -0.384 e. The van der Waals surface area contributed by atoms with Crippen LogP contribution in [0.15, 0.2) is 21.9 Å². The molecule has 45 heavy (non-hydrogen) atoms. The second-order valence-corrected chi connectivity index (χ2v) is 16.8. The zero-order chi connectivity index (χ0) is 34.3. The van der Waals surface area contributed by atoms with Crippen molar-refractivity contribution in [2.75, 3.05) is 31.3 Å². The highest BCUT2D eigenvalue weighted by Crippen LogP contribution is 2.53. The number of unbranched alkanes of at least 4 members (excludes halogenated alkanes) is 2. The van der Waals surface area contributed by atoms with E-state index in [9.17, 15) is 34.0 Å². The number of ether oxygens (including phenoxy) is 1. The van der Waals surface area contributed by atoms with E-state index in [1.165, 1.54) is 23.5 Å². The summed E-state index contributed by atoms with van der Waals surface area (Å²) in [6.07, 6.45) is -1.27. The molecule has 258 valence electrons. The molecule has 1 aromatic heterocycles. The van der Waals surface area contributed by atoms with Crippen molar-refractivity contribution in [2.45, 2.75) is 97.9 Å². The lowest BCUT2D eigenvalue weighted by Gasteiger charge is -2.28. The third-order valence-corrected chi connectivity index (χ3v) is 10.7.